The molecule has 2 atom stereocenters. The summed E-state index contributed by atoms with van der Waals surface area (Å²) in [7, 11) is 3.32. The van der Waals surface area contributed by atoms with Crippen LogP contribution in [0.5, 0.6) is 11.5 Å². The average Bonchev–Trinajstić information content (AvgIpc) is 3.71. The topological polar surface area (TPSA) is 224 Å². The van der Waals surface area contributed by atoms with Gasteiger partial charge in [-0.25, -0.2) is 4.79 Å². The molecular weight excluding hydrogens is 696 g/mol. The highest BCUT2D eigenvalue weighted by Crippen LogP contribution is 2.41. The zero-order valence-electron chi connectivity index (χ0n) is 28.9. The average molecular weight is 737 g/mol. The van der Waals surface area contributed by atoms with Gasteiger partial charge in [0.05, 0.1) is 12.1 Å². The van der Waals surface area contributed by atoms with Crippen LogP contribution >= 0.6 is 0 Å². The molecule has 0 radical (unpaired) electrons. The van der Waals surface area contributed by atoms with Crippen molar-refractivity contribution in [1.29, 1.82) is 0 Å². The maximum atomic E-state index is 12.4. The van der Waals surface area contributed by atoms with Crippen LogP contribution in [-0.2, 0) is 14.1 Å². The van der Waals surface area contributed by atoms with E-state index < -0.39 is 5.97 Å². The molecule has 4 aliphatic rings. The second kappa shape index (κ2) is 14.9. The lowest BCUT2D eigenvalue weighted by atomic mass is 10.1. The number of nitrogens with two attached hydrogens (primary N) is 1. The fourth-order valence-corrected chi connectivity index (χ4v) is 5.95. The number of amides is 1. The Labute approximate surface area is 309 Å². The van der Waals surface area contributed by atoms with Crippen LogP contribution < -0.4 is 20.5 Å². The molecule has 0 unspecified atom stereocenters. The number of nitrogens with one attached hydrogen (secondary N) is 1. The number of aryl methyl sites for hydroxylation is 2. The number of aromatic nitrogens is 8. The lowest BCUT2D eigenvalue weighted by Gasteiger charge is -2.11. The van der Waals surface area contributed by atoms with Crippen LogP contribution in [-0.4, -0.2) is 70.0 Å². The molecule has 2 saturated carbocycles. The predicted molar refractivity (Wildman–Crippen MR) is 192 cm³/mol. The van der Waals surface area contributed by atoms with E-state index in [0.717, 1.165) is 65.3 Å². The molecule has 4 aromatic heterocycles. The third-order valence-corrected chi connectivity index (χ3v) is 9.28. The number of ether oxygens (including phenoxy) is 2. The van der Waals surface area contributed by atoms with Crippen molar-refractivity contribution in [3.8, 4) is 34.3 Å². The normalized spacial score (nSPS) is 17.7. The van der Waals surface area contributed by atoms with Crippen molar-refractivity contribution in [2.75, 3.05) is 13.2 Å². The highest BCUT2D eigenvalue weighted by atomic mass is 16.5. The van der Waals surface area contributed by atoms with E-state index in [2.05, 4.69) is 35.8 Å². The number of rotatable bonds is 7. The number of benzene rings is 2. The maximum absolute atomic E-state index is 12.4. The second-order valence-electron chi connectivity index (χ2n) is 13.2. The maximum Gasteiger partial charge on any atom is 0.354 e. The van der Waals surface area contributed by atoms with E-state index in [9.17, 15) is 9.59 Å². The number of carboxylic acids is 1. The molecule has 6 aromatic rings. The summed E-state index contributed by atoms with van der Waals surface area (Å²) in [6.45, 7) is 0.931. The molecule has 17 heteroatoms. The van der Waals surface area contributed by atoms with Crippen molar-refractivity contribution in [1.82, 2.24) is 45.2 Å². The van der Waals surface area contributed by atoms with Crippen molar-refractivity contribution < 1.29 is 33.2 Å². The Balaban J connectivity index is 0.000000139. The van der Waals surface area contributed by atoms with Gasteiger partial charge in [0.1, 0.15) is 36.1 Å². The van der Waals surface area contributed by atoms with Gasteiger partial charge >= 0.3 is 5.97 Å². The Morgan fingerprint density at radius 1 is 0.759 bits per heavy atom. The molecule has 6 heterocycles. The van der Waals surface area contributed by atoms with Crippen LogP contribution in [0.25, 0.3) is 22.8 Å². The predicted octanol–water partition coefficient (Wildman–Crippen LogP) is 4.97. The molecule has 0 spiro atoms. The molecule has 280 valence electrons. The van der Waals surface area contributed by atoms with Gasteiger partial charge in [-0.05, 0) is 49.9 Å². The largest absolute Gasteiger partial charge is 0.491 e. The lowest BCUT2D eigenvalue weighted by Crippen LogP contribution is -2.30. The number of carbonyl (C=O) groups excluding carboxylic acids is 1. The molecule has 2 aliphatic heterocycles. The molecule has 17 nitrogen and oxygen atoms in total. The molecule has 0 bridgehead atoms. The number of fused-ring (bicyclic) bond motifs is 2. The number of hydrogen-bond acceptors (Lipinski definition) is 13. The van der Waals surface area contributed by atoms with Gasteiger partial charge in [-0.2, -0.15) is 20.2 Å². The number of aromatic carboxylic acids is 1. The molecule has 2 aliphatic carbocycles. The molecule has 10 rings (SSSR count). The van der Waals surface area contributed by atoms with Gasteiger partial charge in [-0.15, -0.1) is 0 Å². The van der Waals surface area contributed by atoms with Crippen molar-refractivity contribution >= 4 is 11.9 Å². The van der Waals surface area contributed by atoms with Crippen LogP contribution in [0.4, 0.5) is 0 Å². The molecular formula is C37H40N10O7. The van der Waals surface area contributed by atoms with Gasteiger partial charge in [0.2, 0.25) is 23.4 Å². The third-order valence-electron chi connectivity index (χ3n) is 9.28. The van der Waals surface area contributed by atoms with Crippen LogP contribution in [0, 0.1) is 0 Å². The standard InChI is InChI=1S/C18H17N5O3.C13H13N3O2.C5H6N2O2.CH4/c1-23-14(6-7-19-23)17(24)20-13-9-25-15-8-11(4-5-12(13)15)16-21-18(26-22-16)10-2-3-10;14-10-6-17-11-5-8(3-4-9(10)11)12-15-13(18-16-12)7-1-2-7;1-7-4(5(8)9)2-3-6-7;/h4-8,10,13H,2-3,9H2,1H3,(H,20,24);3-5,7,10H,1-2,6,14H2;2-3H,1H3,(H,8,9);1H4/t13-;10-;;/m11../s1. The van der Waals surface area contributed by atoms with Crippen molar-refractivity contribution in [2.45, 2.75) is 57.0 Å². The minimum atomic E-state index is -0.949. The summed E-state index contributed by atoms with van der Waals surface area (Å²) in [5.41, 5.74) is 10.4. The number of carboxylic acid groups (broad SMARTS) is 1. The number of nitrogens with zero attached hydrogens (tertiary/aromatic N) is 8. The summed E-state index contributed by atoms with van der Waals surface area (Å²) < 4.78 is 24.7. The monoisotopic (exact) mass is 736 g/mol. The van der Waals surface area contributed by atoms with Crippen molar-refractivity contribution in [3.63, 3.8) is 0 Å². The van der Waals surface area contributed by atoms with Gasteiger partial charge in [0.25, 0.3) is 5.91 Å². The van der Waals surface area contributed by atoms with Crippen LogP contribution in [0.3, 0.4) is 0 Å². The minimum absolute atomic E-state index is 0. The molecule has 2 fully saturated rings. The number of hydrogen-bond donors (Lipinski definition) is 3. The SMILES string of the molecule is C.Cn1nccc1C(=O)N[C@@H]1COc2cc(-c3noc(C4CC4)n3)ccc21.Cn1nccc1C(=O)O.N[C@@H]1COc2cc(-c3noc(C4CC4)n3)ccc21. The first-order valence-electron chi connectivity index (χ1n) is 17.2. The highest BCUT2D eigenvalue weighted by molar-refractivity contribution is 5.92. The first-order valence-corrected chi connectivity index (χ1v) is 17.2. The van der Waals surface area contributed by atoms with Gasteiger partial charge in [0.15, 0.2) is 0 Å². The first kappa shape index (κ1) is 36.0. The van der Waals surface area contributed by atoms with Gasteiger partial charge in [0, 0.05) is 60.6 Å². The highest BCUT2D eigenvalue weighted by Gasteiger charge is 2.32. The first-order chi connectivity index (χ1) is 25.7. The van der Waals surface area contributed by atoms with E-state index >= 15 is 0 Å². The Bertz CT molecular complexity index is 2280. The zero-order valence-corrected chi connectivity index (χ0v) is 28.9. The van der Waals surface area contributed by atoms with Gasteiger partial charge < -0.3 is 34.7 Å². The van der Waals surface area contributed by atoms with Crippen molar-refractivity contribution in [3.05, 3.63) is 95.2 Å². The Morgan fingerprint density at radius 3 is 1.78 bits per heavy atom. The number of carbonyl (C=O) groups is 2. The van der Waals surface area contributed by atoms with E-state index in [1.807, 2.05) is 36.4 Å². The third kappa shape index (κ3) is 7.57. The molecule has 4 N–H and O–H groups in total. The van der Waals surface area contributed by atoms with Crippen molar-refractivity contribution in [2.24, 2.45) is 19.8 Å². The minimum Gasteiger partial charge on any atom is -0.491 e. The lowest BCUT2D eigenvalue weighted by molar-refractivity contribution is 0.0684. The summed E-state index contributed by atoms with van der Waals surface area (Å²) in [6.07, 6.45) is 7.60. The summed E-state index contributed by atoms with van der Waals surface area (Å²) in [6, 6.07) is 14.6. The summed E-state index contributed by atoms with van der Waals surface area (Å²) in [5, 5.41) is 27.2. The molecule has 0 saturated heterocycles. The van der Waals surface area contributed by atoms with E-state index in [0.29, 0.717) is 48.3 Å². The second-order valence-corrected chi connectivity index (χ2v) is 13.2. The quantitative estimate of drug-likeness (QED) is 0.197. The van der Waals surface area contributed by atoms with E-state index in [4.69, 9.17) is 29.4 Å². The summed E-state index contributed by atoms with van der Waals surface area (Å²) in [5.74, 6) is 4.00. The van der Waals surface area contributed by atoms with Crippen LogP contribution in [0.15, 0.2) is 70.0 Å². The fraction of sp³-hybridized carbons (Fsp3) is 0.351. The van der Waals surface area contributed by atoms with Gasteiger partial charge in [-0.3, -0.25) is 14.2 Å². The Kier molecular flexibility index (Phi) is 9.96. The Hall–Kier alpha value is -6.36. The molecule has 2 aromatic carbocycles. The van der Waals surface area contributed by atoms with Crippen LogP contribution in [0.1, 0.15) is 101 Å². The zero-order chi connectivity index (χ0) is 36.6. The van der Waals surface area contributed by atoms with Gasteiger partial charge in [-0.1, -0.05) is 42.0 Å². The Morgan fingerprint density at radius 2 is 1.28 bits per heavy atom. The summed E-state index contributed by atoms with van der Waals surface area (Å²) in [4.78, 5) is 31.5. The summed E-state index contributed by atoms with van der Waals surface area (Å²) >= 11 is 0. The van der Waals surface area contributed by atoms with Crippen LogP contribution in [0.2, 0.25) is 0 Å². The van der Waals surface area contributed by atoms with E-state index in [-0.39, 0.29) is 31.1 Å². The van der Waals surface area contributed by atoms with E-state index in [1.165, 1.54) is 16.9 Å². The molecule has 54 heavy (non-hydrogen) atoms. The fourth-order valence-electron chi connectivity index (χ4n) is 5.95. The smallest absolute Gasteiger partial charge is 0.354 e. The molecule has 1 amide bonds. The van der Waals surface area contributed by atoms with E-state index in [1.54, 1.807) is 31.0 Å².